The molecule has 0 saturated carbocycles. The Morgan fingerprint density at radius 3 is 3.00 bits per heavy atom. The van der Waals surface area contributed by atoms with Crippen LogP contribution in [0.2, 0.25) is 0 Å². The minimum atomic E-state index is 0.0499. The average Bonchev–Trinajstić information content (AvgIpc) is 2.16. The van der Waals surface area contributed by atoms with Crippen LogP contribution in [0.25, 0.3) is 0 Å². The molecule has 1 aliphatic heterocycles. The van der Waals surface area contributed by atoms with Gasteiger partial charge in [-0.2, -0.15) is 0 Å². The minimum Gasteiger partial charge on any atom is -0.386 e. The highest BCUT2D eigenvalue weighted by Crippen LogP contribution is 2.13. The fourth-order valence-corrected chi connectivity index (χ4v) is 1.71. The molecule has 4 nitrogen and oxygen atoms in total. The van der Waals surface area contributed by atoms with Crippen molar-refractivity contribution in [3.63, 3.8) is 0 Å². The fourth-order valence-electron chi connectivity index (χ4n) is 1.71. The highest BCUT2D eigenvalue weighted by Gasteiger charge is 2.26. The van der Waals surface area contributed by atoms with E-state index in [9.17, 15) is 0 Å². The Morgan fingerprint density at radius 2 is 2.46 bits per heavy atom. The molecule has 2 atom stereocenters. The summed E-state index contributed by atoms with van der Waals surface area (Å²) in [5.74, 6) is 0.250. The Bertz CT molecular complexity index is 184. The van der Waals surface area contributed by atoms with Crippen molar-refractivity contribution in [1.82, 2.24) is 4.90 Å². The molecule has 13 heavy (non-hydrogen) atoms. The lowest BCUT2D eigenvalue weighted by Gasteiger charge is -2.38. The minimum absolute atomic E-state index is 0.0499. The van der Waals surface area contributed by atoms with Crippen LogP contribution < -0.4 is 5.73 Å². The molecule has 1 saturated heterocycles. The van der Waals surface area contributed by atoms with Crippen LogP contribution in [0.3, 0.4) is 0 Å². The van der Waals surface area contributed by atoms with E-state index < -0.39 is 0 Å². The topological polar surface area (TPSA) is 62.3 Å². The van der Waals surface area contributed by atoms with Gasteiger partial charge in [0.25, 0.3) is 0 Å². The third-order valence-corrected chi connectivity index (χ3v) is 2.69. The van der Waals surface area contributed by atoms with Gasteiger partial charge in [-0.05, 0) is 13.3 Å². The van der Waals surface area contributed by atoms with Gasteiger partial charge in [0.2, 0.25) is 0 Å². The van der Waals surface area contributed by atoms with Gasteiger partial charge in [0.05, 0.1) is 19.3 Å². The maximum Gasteiger partial charge on any atom is 0.108 e. The number of amidine groups is 1. The molecule has 1 fully saturated rings. The Hall–Kier alpha value is -0.610. The Kier molecular flexibility index (Phi) is 3.69. The lowest BCUT2D eigenvalue weighted by atomic mass is 10.1. The number of rotatable bonds is 3. The summed E-state index contributed by atoms with van der Waals surface area (Å²) in [5.41, 5.74) is 5.48. The van der Waals surface area contributed by atoms with Crippen LogP contribution >= 0.6 is 0 Å². The summed E-state index contributed by atoms with van der Waals surface area (Å²) in [4.78, 5) is 2.26. The second-order valence-corrected chi connectivity index (χ2v) is 3.51. The van der Waals surface area contributed by atoms with Crippen LogP contribution in [0.15, 0.2) is 0 Å². The van der Waals surface area contributed by atoms with Crippen LogP contribution in [-0.4, -0.2) is 42.6 Å². The van der Waals surface area contributed by atoms with Gasteiger partial charge in [-0.3, -0.25) is 10.3 Å². The number of nitrogens with two attached hydrogens (primary N) is 1. The van der Waals surface area contributed by atoms with E-state index in [2.05, 4.69) is 11.8 Å². The highest BCUT2D eigenvalue weighted by molar-refractivity contribution is 5.82. The summed E-state index contributed by atoms with van der Waals surface area (Å²) < 4.78 is 5.38. The lowest BCUT2D eigenvalue weighted by molar-refractivity contribution is -0.0153. The van der Waals surface area contributed by atoms with Gasteiger partial charge in [-0.1, -0.05) is 6.92 Å². The van der Waals surface area contributed by atoms with E-state index in [-0.39, 0.29) is 11.9 Å². The number of morpholine rings is 1. The number of hydrogen-bond donors (Lipinski definition) is 2. The van der Waals surface area contributed by atoms with Crippen LogP contribution in [-0.2, 0) is 4.74 Å². The zero-order chi connectivity index (χ0) is 9.84. The second kappa shape index (κ2) is 4.58. The molecule has 2 unspecified atom stereocenters. The van der Waals surface area contributed by atoms with E-state index >= 15 is 0 Å². The van der Waals surface area contributed by atoms with Crippen molar-refractivity contribution in [2.75, 3.05) is 19.8 Å². The van der Waals surface area contributed by atoms with E-state index in [0.29, 0.717) is 6.04 Å². The first-order valence-electron chi connectivity index (χ1n) is 4.84. The predicted octanol–water partition coefficient (Wildman–Crippen LogP) is 0.422. The quantitative estimate of drug-likeness (QED) is 0.495. The third-order valence-electron chi connectivity index (χ3n) is 2.69. The molecule has 3 N–H and O–H groups in total. The normalized spacial score (nSPS) is 27.1. The van der Waals surface area contributed by atoms with E-state index in [1.165, 1.54) is 0 Å². The fraction of sp³-hybridized carbons (Fsp3) is 0.889. The maximum absolute atomic E-state index is 7.40. The molecule has 76 valence electrons. The maximum atomic E-state index is 7.40. The van der Waals surface area contributed by atoms with Gasteiger partial charge in [0.15, 0.2) is 0 Å². The summed E-state index contributed by atoms with van der Waals surface area (Å²) in [6, 6.07) is 0.474. The SMILES string of the molecule is CCC1COCCN1C(C)C(=N)N. The summed E-state index contributed by atoms with van der Waals surface area (Å²) >= 11 is 0. The van der Waals surface area contributed by atoms with Crippen molar-refractivity contribution in [2.24, 2.45) is 5.73 Å². The van der Waals surface area contributed by atoms with Gasteiger partial charge in [0.1, 0.15) is 5.84 Å². The first-order valence-corrected chi connectivity index (χ1v) is 4.84. The van der Waals surface area contributed by atoms with E-state index in [0.717, 1.165) is 26.2 Å². The standard InChI is InChI=1S/C9H19N3O/c1-3-8-6-13-5-4-12(8)7(2)9(10)11/h7-8H,3-6H2,1-2H3,(H3,10,11). The molecule has 0 aliphatic carbocycles. The van der Waals surface area contributed by atoms with Gasteiger partial charge >= 0.3 is 0 Å². The number of nitrogens with one attached hydrogen (secondary N) is 1. The molecular weight excluding hydrogens is 166 g/mol. The van der Waals surface area contributed by atoms with E-state index in [4.69, 9.17) is 15.9 Å². The number of ether oxygens (including phenoxy) is 1. The molecular formula is C9H19N3O. The lowest BCUT2D eigenvalue weighted by Crippen LogP contribution is -2.53. The van der Waals surface area contributed by atoms with Gasteiger partial charge in [-0.25, -0.2) is 0 Å². The van der Waals surface area contributed by atoms with Crippen molar-refractivity contribution >= 4 is 5.84 Å². The van der Waals surface area contributed by atoms with Gasteiger partial charge in [0, 0.05) is 12.6 Å². The van der Waals surface area contributed by atoms with Crippen molar-refractivity contribution in [1.29, 1.82) is 5.41 Å². The van der Waals surface area contributed by atoms with Crippen molar-refractivity contribution in [2.45, 2.75) is 32.4 Å². The number of hydrogen-bond acceptors (Lipinski definition) is 3. The first kappa shape index (κ1) is 10.5. The molecule has 0 aromatic rings. The molecule has 4 heteroatoms. The van der Waals surface area contributed by atoms with E-state index in [1.54, 1.807) is 0 Å². The third kappa shape index (κ3) is 2.42. The molecule has 0 radical (unpaired) electrons. The predicted molar refractivity (Wildman–Crippen MR) is 53.0 cm³/mol. The Labute approximate surface area is 79.6 Å². The zero-order valence-electron chi connectivity index (χ0n) is 8.42. The van der Waals surface area contributed by atoms with Crippen LogP contribution in [0, 0.1) is 5.41 Å². The summed E-state index contributed by atoms with van der Waals surface area (Å²) in [6.07, 6.45) is 1.05. The summed E-state index contributed by atoms with van der Waals surface area (Å²) in [5, 5.41) is 7.40. The monoisotopic (exact) mass is 185 g/mol. The summed E-state index contributed by atoms with van der Waals surface area (Å²) in [6.45, 7) is 6.54. The Balaban J connectivity index is 2.58. The smallest absolute Gasteiger partial charge is 0.108 e. The molecule has 0 spiro atoms. The molecule has 0 amide bonds. The van der Waals surface area contributed by atoms with Crippen molar-refractivity contribution < 1.29 is 4.74 Å². The zero-order valence-corrected chi connectivity index (χ0v) is 8.42. The van der Waals surface area contributed by atoms with Crippen molar-refractivity contribution in [3.05, 3.63) is 0 Å². The molecule has 0 bridgehead atoms. The summed E-state index contributed by atoms with van der Waals surface area (Å²) in [7, 11) is 0. The van der Waals surface area contributed by atoms with Crippen LogP contribution in [0.4, 0.5) is 0 Å². The van der Waals surface area contributed by atoms with Crippen LogP contribution in [0.5, 0.6) is 0 Å². The molecule has 0 aromatic carbocycles. The van der Waals surface area contributed by atoms with Crippen LogP contribution in [0.1, 0.15) is 20.3 Å². The second-order valence-electron chi connectivity index (χ2n) is 3.51. The van der Waals surface area contributed by atoms with Gasteiger partial charge in [-0.15, -0.1) is 0 Å². The molecule has 0 aromatic heterocycles. The molecule has 1 heterocycles. The van der Waals surface area contributed by atoms with E-state index in [1.807, 2.05) is 6.92 Å². The first-order chi connectivity index (χ1) is 6.16. The number of nitrogens with zero attached hydrogens (tertiary/aromatic N) is 1. The van der Waals surface area contributed by atoms with Gasteiger partial charge < -0.3 is 10.5 Å². The largest absolute Gasteiger partial charge is 0.386 e. The van der Waals surface area contributed by atoms with Crippen molar-refractivity contribution in [3.8, 4) is 0 Å². The molecule has 1 aliphatic rings. The Morgan fingerprint density at radius 1 is 1.77 bits per heavy atom. The average molecular weight is 185 g/mol. The highest BCUT2D eigenvalue weighted by atomic mass is 16.5. The molecule has 1 rings (SSSR count).